The van der Waals surface area contributed by atoms with Crippen LogP contribution in [0.15, 0.2) is 18.5 Å². The van der Waals surface area contributed by atoms with Crippen molar-refractivity contribution in [1.82, 2.24) is 20.0 Å². The molecule has 1 saturated heterocycles. The van der Waals surface area contributed by atoms with E-state index in [2.05, 4.69) is 10.4 Å². The Labute approximate surface area is 117 Å². The minimum Gasteiger partial charge on any atom is -0.480 e. The van der Waals surface area contributed by atoms with Gasteiger partial charge >= 0.3 is 5.97 Å². The number of likely N-dealkylation sites (tertiary alicyclic amines) is 1. The SMILES string of the molecule is O=C(O)CNCC1CCCN(C(=O)Cn2cccn2)C1. The van der Waals surface area contributed by atoms with Gasteiger partial charge < -0.3 is 15.3 Å². The molecule has 7 nitrogen and oxygen atoms in total. The van der Waals surface area contributed by atoms with Crippen LogP contribution in [0, 0.1) is 5.92 Å². The Morgan fingerprint density at radius 2 is 2.30 bits per heavy atom. The third-order valence-electron chi connectivity index (χ3n) is 3.44. The standard InChI is InChI=1S/C13H20N4O3/c18-12(10-17-6-2-4-15-17)16-5-1-3-11(9-16)7-14-8-13(19)20/h2,4,6,11,14H,1,3,5,7-10H2,(H,19,20). The maximum absolute atomic E-state index is 12.1. The number of aliphatic carboxylic acids is 1. The Morgan fingerprint density at radius 1 is 1.45 bits per heavy atom. The van der Waals surface area contributed by atoms with Crippen LogP contribution in [0.2, 0.25) is 0 Å². The summed E-state index contributed by atoms with van der Waals surface area (Å²) in [5.41, 5.74) is 0. The van der Waals surface area contributed by atoms with Crippen molar-refractivity contribution < 1.29 is 14.7 Å². The first-order valence-corrected chi connectivity index (χ1v) is 6.83. The second kappa shape index (κ2) is 7.04. The average molecular weight is 280 g/mol. The van der Waals surface area contributed by atoms with Crippen molar-refractivity contribution in [3.63, 3.8) is 0 Å². The lowest BCUT2D eigenvalue weighted by atomic mass is 9.98. The van der Waals surface area contributed by atoms with Gasteiger partial charge in [0.05, 0.1) is 6.54 Å². The molecule has 1 aromatic rings. The van der Waals surface area contributed by atoms with E-state index in [-0.39, 0.29) is 19.0 Å². The fourth-order valence-corrected chi connectivity index (χ4v) is 2.47. The zero-order valence-electron chi connectivity index (χ0n) is 11.4. The molecule has 110 valence electrons. The molecule has 0 spiro atoms. The van der Waals surface area contributed by atoms with Crippen molar-refractivity contribution in [3.8, 4) is 0 Å². The quantitative estimate of drug-likeness (QED) is 0.753. The molecular formula is C13H20N4O3. The molecule has 0 aromatic carbocycles. The Morgan fingerprint density at radius 3 is 3.00 bits per heavy atom. The van der Waals surface area contributed by atoms with Gasteiger partial charge in [0, 0.05) is 32.0 Å². The van der Waals surface area contributed by atoms with Crippen molar-refractivity contribution >= 4 is 11.9 Å². The summed E-state index contributed by atoms with van der Waals surface area (Å²) in [5.74, 6) is -0.464. The molecule has 2 rings (SSSR count). The highest BCUT2D eigenvalue weighted by molar-refractivity contribution is 5.76. The van der Waals surface area contributed by atoms with E-state index in [0.29, 0.717) is 19.0 Å². The number of carbonyl (C=O) groups is 2. The number of aromatic nitrogens is 2. The van der Waals surface area contributed by atoms with E-state index in [9.17, 15) is 9.59 Å². The monoisotopic (exact) mass is 280 g/mol. The smallest absolute Gasteiger partial charge is 0.317 e. The van der Waals surface area contributed by atoms with Gasteiger partial charge in [-0.2, -0.15) is 5.10 Å². The summed E-state index contributed by atoms with van der Waals surface area (Å²) >= 11 is 0. The number of nitrogens with zero attached hydrogens (tertiary/aromatic N) is 3. The van der Waals surface area contributed by atoms with Crippen molar-refractivity contribution in [3.05, 3.63) is 18.5 Å². The van der Waals surface area contributed by atoms with Gasteiger partial charge in [-0.25, -0.2) is 0 Å². The van der Waals surface area contributed by atoms with Gasteiger partial charge in [-0.3, -0.25) is 14.3 Å². The number of carbonyl (C=O) groups excluding carboxylic acids is 1. The first-order valence-electron chi connectivity index (χ1n) is 6.83. The normalized spacial score (nSPS) is 19.0. The minimum absolute atomic E-state index is 0.0300. The van der Waals surface area contributed by atoms with E-state index in [1.165, 1.54) is 0 Å². The lowest BCUT2D eigenvalue weighted by Crippen LogP contribution is -2.44. The number of carboxylic acid groups (broad SMARTS) is 1. The highest BCUT2D eigenvalue weighted by Gasteiger charge is 2.23. The van der Waals surface area contributed by atoms with Crippen LogP contribution in [0.5, 0.6) is 0 Å². The van der Waals surface area contributed by atoms with Gasteiger partial charge in [-0.1, -0.05) is 0 Å². The third kappa shape index (κ3) is 4.34. The van der Waals surface area contributed by atoms with E-state index in [1.807, 2.05) is 4.90 Å². The lowest BCUT2D eigenvalue weighted by Gasteiger charge is -2.32. The van der Waals surface area contributed by atoms with Gasteiger partial charge in [0.2, 0.25) is 5.91 Å². The summed E-state index contributed by atoms with van der Waals surface area (Å²) in [6.07, 6.45) is 5.41. The molecule has 1 aliphatic heterocycles. The number of piperidine rings is 1. The molecular weight excluding hydrogens is 260 g/mol. The zero-order chi connectivity index (χ0) is 14.4. The Bertz CT molecular complexity index is 446. The molecule has 0 bridgehead atoms. The van der Waals surface area contributed by atoms with Crippen LogP contribution in [0.1, 0.15) is 12.8 Å². The molecule has 1 unspecified atom stereocenters. The van der Waals surface area contributed by atoms with Crippen LogP contribution in [0.25, 0.3) is 0 Å². The van der Waals surface area contributed by atoms with Gasteiger partial charge in [-0.05, 0) is 24.8 Å². The van der Waals surface area contributed by atoms with E-state index < -0.39 is 5.97 Å². The van der Waals surface area contributed by atoms with Gasteiger partial charge in [0.1, 0.15) is 6.54 Å². The molecule has 2 N–H and O–H groups in total. The number of amides is 1. The highest BCUT2D eigenvalue weighted by atomic mass is 16.4. The number of hydrogen-bond acceptors (Lipinski definition) is 4. The van der Waals surface area contributed by atoms with Crippen LogP contribution < -0.4 is 5.32 Å². The summed E-state index contributed by atoms with van der Waals surface area (Å²) < 4.78 is 1.62. The fourth-order valence-electron chi connectivity index (χ4n) is 2.47. The fraction of sp³-hybridized carbons (Fsp3) is 0.615. The molecule has 1 aromatic heterocycles. The minimum atomic E-state index is -0.854. The lowest BCUT2D eigenvalue weighted by molar-refractivity contribution is -0.136. The maximum atomic E-state index is 12.1. The summed E-state index contributed by atoms with van der Waals surface area (Å²) in [6.45, 7) is 2.33. The second-order valence-electron chi connectivity index (χ2n) is 5.08. The van der Waals surface area contributed by atoms with Gasteiger partial charge in [0.15, 0.2) is 0 Å². The molecule has 1 fully saturated rings. The van der Waals surface area contributed by atoms with Crippen molar-refractivity contribution in [2.24, 2.45) is 5.92 Å². The first-order chi connectivity index (χ1) is 9.65. The van der Waals surface area contributed by atoms with Crippen molar-refractivity contribution in [2.45, 2.75) is 19.4 Å². The van der Waals surface area contributed by atoms with Crippen LogP contribution in [-0.4, -0.2) is 57.8 Å². The average Bonchev–Trinajstić information content (AvgIpc) is 2.91. The van der Waals surface area contributed by atoms with Crippen molar-refractivity contribution in [1.29, 1.82) is 0 Å². The van der Waals surface area contributed by atoms with E-state index in [1.54, 1.807) is 23.1 Å². The number of hydrogen-bond donors (Lipinski definition) is 2. The van der Waals surface area contributed by atoms with Gasteiger partial charge in [0.25, 0.3) is 0 Å². The number of carboxylic acids is 1. The van der Waals surface area contributed by atoms with E-state index in [4.69, 9.17) is 5.11 Å². The second-order valence-corrected chi connectivity index (χ2v) is 5.08. The molecule has 0 saturated carbocycles. The molecule has 0 radical (unpaired) electrons. The topological polar surface area (TPSA) is 87.5 Å². The Hall–Kier alpha value is -1.89. The molecule has 0 aliphatic carbocycles. The molecule has 2 heterocycles. The Kier molecular flexibility index (Phi) is 5.11. The largest absolute Gasteiger partial charge is 0.480 e. The van der Waals surface area contributed by atoms with Crippen LogP contribution in [-0.2, 0) is 16.1 Å². The van der Waals surface area contributed by atoms with Gasteiger partial charge in [-0.15, -0.1) is 0 Å². The van der Waals surface area contributed by atoms with Crippen molar-refractivity contribution in [2.75, 3.05) is 26.2 Å². The highest BCUT2D eigenvalue weighted by Crippen LogP contribution is 2.16. The summed E-state index contributed by atoms with van der Waals surface area (Å²) in [5, 5.41) is 15.5. The predicted molar refractivity (Wildman–Crippen MR) is 72.0 cm³/mol. The first kappa shape index (κ1) is 14.5. The number of nitrogens with one attached hydrogen (secondary N) is 1. The zero-order valence-corrected chi connectivity index (χ0v) is 11.4. The molecule has 1 aliphatic rings. The van der Waals surface area contributed by atoms with Crippen LogP contribution in [0.4, 0.5) is 0 Å². The molecule has 20 heavy (non-hydrogen) atoms. The molecule has 1 amide bonds. The third-order valence-corrected chi connectivity index (χ3v) is 3.44. The number of rotatable bonds is 6. The van der Waals surface area contributed by atoms with E-state index >= 15 is 0 Å². The van der Waals surface area contributed by atoms with E-state index in [0.717, 1.165) is 19.4 Å². The maximum Gasteiger partial charge on any atom is 0.317 e. The Balaban J connectivity index is 1.77. The molecule has 1 atom stereocenters. The van der Waals surface area contributed by atoms with Crippen LogP contribution in [0.3, 0.4) is 0 Å². The molecule has 7 heteroatoms. The van der Waals surface area contributed by atoms with Crippen LogP contribution >= 0.6 is 0 Å². The summed E-state index contributed by atoms with van der Waals surface area (Å²) in [7, 11) is 0. The predicted octanol–water partition coefficient (Wildman–Crippen LogP) is -0.204. The summed E-state index contributed by atoms with van der Waals surface area (Å²) in [4.78, 5) is 24.4. The summed E-state index contributed by atoms with van der Waals surface area (Å²) in [6, 6.07) is 1.79.